The maximum absolute atomic E-state index is 9.41. The highest BCUT2D eigenvalue weighted by molar-refractivity contribution is 5.36. The number of hydrogen-bond acceptors (Lipinski definition) is 2. The first kappa shape index (κ1) is 17.9. The van der Waals surface area contributed by atoms with E-state index < -0.39 is 0 Å². The zero-order chi connectivity index (χ0) is 15.3. The van der Waals surface area contributed by atoms with Crippen LogP contribution in [0.3, 0.4) is 0 Å². The molecule has 0 radical (unpaired) electrons. The highest BCUT2D eigenvalue weighted by atomic mass is 16.3. The molecule has 0 bridgehead atoms. The van der Waals surface area contributed by atoms with Crippen LogP contribution in [0.4, 0.5) is 0 Å². The van der Waals surface area contributed by atoms with Gasteiger partial charge in [0.15, 0.2) is 0 Å². The van der Waals surface area contributed by atoms with Crippen LogP contribution >= 0.6 is 0 Å². The molecule has 0 saturated heterocycles. The lowest BCUT2D eigenvalue weighted by molar-refractivity contribution is 0.449. The van der Waals surface area contributed by atoms with Gasteiger partial charge in [-0.05, 0) is 30.5 Å². The van der Waals surface area contributed by atoms with E-state index in [2.05, 4.69) is 6.92 Å². The number of aryl methyl sites for hydroxylation is 1. The molecule has 1 aromatic rings. The summed E-state index contributed by atoms with van der Waals surface area (Å²) in [5, 5.41) is 18.8. The Kier molecular flexibility index (Phi) is 9.77. The van der Waals surface area contributed by atoms with Crippen molar-refractivity contribution in [2.24, 2.45) is 0 Å². The molecular weight excluding hydrogens is 260 g/mol. The van der Waals surface area contributed by atoms with Gasteiger partial charge < -0.3 is 10.2 Å². The average molecular weight is 292 g/mol. The Balaban J connectivity index is 1.93. The van der Waals surface area contributed by atoms with Gasteiger partial charge in [0.25, 0.3) is 0 Å². The summed E-state index contributed by atoms with van der Waals surface area (Å²) >= 11 is 0. The summed E-state index contributed by atoms with van der Waals surface area (Å²) in [5.41, 5.74) is 1.03. The molecule has 2 N–H and O–H groups in total. The van der Waals surface area contributed by atoms with Crippen molar-refractivity contribution < 1.29 is 10.2 Å². The van der Waals surface area contributed by atoms with E-state index in [0.717, 1.165) is 18.4 Å². The van der Waals surface area contributed by atoms with E-state index in [9.17, 15) is 10.2 Å². The number of benzene rings is 1. The van der Waals surface area contributed by atoms with Gasteiger partial charge >= 0.3 is 0 Å². The largest absolute Gasteiger partial charge is 0.508 e. The Morgan fingerprint density at radius 3 is 1.52 bits per heavy atom. The second-order valence-electron chi connectivity index (χ2n) is 6.14. The van der Waals surface area contributed by atoms with Gasteiger partial charge in [-0.3, -0.25) is 0 Å². The summed E-state index contributed by atoms with van der Waals surface area (Å²) in [6.45, 7) is 2.26. The van der Waals surface area contributed by atoms with Gasteiger partial charge in [-0.2, -0.15) is 0 Å². The Bertz CT molecular complexity index is 354. The molecule has 0 aliphatic rings. The van der Waals surface area contributed by atoms with Crippen LogP contribution in [0.25, 0.3) is 0 Å². The van der Waals surface area contributed by atoms with Crippen molar-refractivity contribution in [2.45, 2.75) is 84.0 Å². The fourth-order valence-corrected chi connectivity index (χ4v) is 2.79. The minimum Gasteiger partial charge on any atom is -0.508 e. The molecule has 0 saturated carbocycles. The second kappa shape index (κ2) is 11.5. The van der Waals surface area contributed by atoms with Crippen molar-refractivity contribution >= 4 is 0 Å². The number of rotatable bonds is 12. The zero-order valence-corrected chi connectivity index (χ0v) is 13.6. The third kappa shape index (κ3) is 9.38. The molecule has 2 nitrogen and oxygen atoms in total. The lowest BCUT2D eigenvalue weighted by atomic mass is 10.0. The highest BCUT2D eigenvalue weighted by Gasteiger charge is 1.99. The van der Waals surface area contributed by atoms with Crippen LogP contribution in [0.2, 0.25) is 0 Å². The van der Waals surface area contributed by atoms with Gasteiger partial charge in [0.1, 0.15) is 11.5 Å². The van der Waals surface area contributed by atoms with Crippen molar-refractivity contribution in [1.82, 2.24) is 0 Å². The molecule has 0 unspecified atom stereocenters. The van der Waals surface area contributed by atoms with Crippen molar-refractivity contribution in [3.63, 3.8) is 0 Å². The number of aromatic hydroxyl groups is 2. The summed E-state index contributed by atoms with van der Waals surface area (Å²) in [6, 6.07) is 4.87. The fourth-order valence-electron chi connectivity index (χ4n) is 2.79. The molecule has 120 valence electrons. The van der Waals surface area contributed by atoms with E-state index in [-0.39, 0.29) is 11.5 Å². The number of phenolic OH excluding ortho intramolecular Hbond substituents is 2. The van der Waals surface area contributed by atoms with Crippen LogP contribution in [-0.4, -0.2) is 10.2 Å². The number of unbranched alkanes of at least 4 members (excludes halogenated alkanes) is 10. The molecule has 0 heterocycles. The summed E-state index contributed by atoms with van der Waals surface area (Å²) < 4.78 is 0. The third-order valence-corrected chi connectivity index (χ3v) is 4.03. The van der Waals surface area contributed by atoms with Crippen molar-refractivity contribution in [3.8, 4) is 11.5 Å². The predicted octanol–water partition coefficient (Wildman–Crippen LogP) is 5.95. The summed E-state index contributed by atoms with van der Waals surface area (Å²) in [6.07, 6.45) is 15.7. The van der Waals surface area contributed by atoms with Crippen LogP contribution in [0.1, 0.15) is 83.1 Å². The SMILES string of the molecule is CCCCCCCCCCCCCc1cc(O)cc(O)c1. The Labute approximate surface area is 130 Å². The fraction of sp³-hybridized carbons (Fsp3) is 0.684. The lowest BCUT2D eigenvalue weighted by Crippen LogP contribution is -1.87. The van der Waals surface area contributed by atoms with Crippen molar-refractivity contribution in [1.29, 1.82) is 0 Å². The van der Waals surface area contributed by atoms with Crippen molar-refractivity contribution in [3.05, 3.63) is 23.8 Å². The zero-order valence-electron chi connectivity index (χ0n) is 13.6. The molecule has 2 heteroatoms. The van der Waals surface area contributed by atoms with Crippen LogP contribution in [-0.2, 0) is 6.42 Å². The molecule has 0 aliphatic heterocycles. The Hall–Kier alpha value is -1.18. The molecule has 0 spiro atoms. The van der Waals surface area contributed by atoms with Gasteiger partial charge in [-0.15, -0.1) is 0 Å². The van der Waals surface area contributed by atoms with E-state index >= 15 is 0 Å². The van der Waals surface area contributed by atoms with Crippen LogP contribution in [0.15, 0.2) is 18.2 Å². The quantitative estimate of drug-likeness (QED) is 0.467. The smallest absolute Gasteiger partial charge is 0.119 e. The van der Waals surface area contributed by atoms with Crippen LogP contribution in [0.5, 0.6) is 11.5 Å². The minimum atomic E-state index is 0.160. The first-order valence-electron chi connectivity index (χ1n) is 8.74. The van der Waals surface area contributed by atoms with E-state index in [4.69, 9.17) is 0 Å². The molecule has 0 fully saturated rings. The summed E-state index contributed by atoms with van der Waals surface area (Å²) in [4.78, 5) is 0. The van der Waals surface area contributed by atoms with Crippen LogP contribution < -0.4 is 0 Å². The molecule has 0 aromatic heterocycles. The first-order chi connectivity index (χ1) is 10.2. The average Bonchev–Trinajstić information content (AvgIpc) is 2.44. The van der Waals surface area contributed by atoms with E-state index in [0.29, 0.717) is 0 Å². The van der Waals surface area contributed by atoms with Gasteiger partial charge in [-0.1, -0.05) is 71.1 Å². The maximum Gasteiger partial charge on any atom is 0.119 e. The molecular formula is C19H32O2. The van der Waals surface area contributed by atoms with E-state index in [1.807, 2.05) is 0 Å². The summed E-state index contributed by atoms with van der Waals surface area (Å²) in [5.74, 6) is 0.321. The normalized spacial score (nSPS) is 10.9. The monoisotopic (exact) mass is 292 g/mol. The third-order valence-electron chi connectivity index (χ3n) is 4.03. The number of hydrogen-bond donors (Lipinski definition) is 2. The predicted molar refractivity (Wildman–Crippen MR) is 89.9 cm³/mol. The Morgan fingerprint density at radius 1 is 0.619 bits per heavy atom. The first-order valence-corrected chi connectivity index (χ1v) is 8.74. The van der Waals surface area contributed by atoms with Crippen LogP contribution in [0, 0.1) is 0 Å². The summed E-state index contributed by atoms with van der Waals surface area (Å²) in [7, 11) is 0. The van der Waals surface area contributed by atoms with Gasteiger partial charge in [0.05, 0.1) is 0 Å². The van der Waals surface area contributed by atoms with Gasteiger partial charge in [0.2, 0.25) is 0 Å². The molecule has 1 rings (SSSR count). The molecule has 0 amide bonds. The van der Waals surface area contributed by atoms with Gasteiger partial charge in [0, 0.05) is 6.07 Å². The second-order valence-corrected chi connectivity index (χ2v) is 6.14. The topological polar surface area (TPSA) is 40.5 Å². The molecule has 0 atom stereocenters. The minimum absolute atomic E-state index is 0.160. The molecule has 21 heavy (non-hydrogen) atoms. The molecule has 0 aliphatic carbocycles. The van der Waals surface area contributed by atoms with E-state index in [1.165, 1.54) is 70.3 Å². The van der Waals surface area contributed by atoms with E-state index in [1.54, 1.807) is 12.1 Å². The molecule has 1 aromatic carbocycles. The Morgan fingerprint density at radius 2 is 1.05 bits per heavy atom. The number of phenols is 2. The highest BCUT2D eigenvalue weighted by Crippen LogP contribution is 2.22. The lowest BCUT2D eigenvalue weighted by Gasteiger charge is -2.04. The van der Waals surface area contributed by atoms with Gasteiger partial charge in [-0.25, -0.2) is 0 Å². The van der Waals surface area contributed by atoms with Crippen molar-refractivity contribution in [2.75, 3.05) is 0 Å². The standard InChI is InChI=1S/C19H32O2/c1-2-3-4-5-6-7-8-9-10-11-12-13-17-14-18(20)16-19(21)15-17/h14-16,20-21H,2-13H2,1H3. The maximum atomic E-state index is 9.41.